The van der Waals surface area contributed by atoms with E-state index in [0.29, 0.717) is 40.0 Å². The highest BCUT2D eigenvalue weighted by Gasteiger charge is 2.22. The number of nitrogens with zero attached hydrogens (tertiary/aromatic N) is 2. The highest BCUT2D eigenvalue weighted by Crippen LogP contribution is 2.36. The van der Waals surface area contributed by atoms with Gasteiger partial charge in [-0.3, -0.25) is 4.79 Å². The molecule has 0 aliphatic rings. The molecule has 4 aromatic rings. The summed E-state index contributed by atoms with van der Waals surface area (Å²) in [6, 6.07) is 18.3. The maximum Gasteiger partial charge on any atom is 0.255 e. The van der Waals surface area contributed by atoms with Crippen molar-refractivity contribution in [2.75, 3.05) is 27.4 Å². The van der Waals surface area contributed by atoms with E-state index in [2.05, 4.69) is 10.4 Å². The van der Waals surface area contributed by atoms with Crippen molar-refractivity contribution in [3.63, 3.8) is 0 Å². The predicted octanol–water partition coefficient (Wildman–Crippen LogP) is 3.63. The first-order valence-electron chi connectivity index (χ1n) is 11.0. The quantitative estimate of drug-likeness (QED) is 0.359. The van der Waals surface area contributed by atoms with E-state index < -0.39 is 12.0 Å². The number of para-hydroxylation sites is 2. The molecule has 0 saturated heterocycles. The Labute approximate surface area is 202 Å². The normalized spacial score (nSPS) is 11.7. The first-order chi connectivity index (χ1) is 17.0. The first-order valence-corrected chi connectivity index (χ1v) is 11.0. The molecule has 9 nitrogen and oxygen atoms in total. The minimum atomic E-state index is -0.980. The van der Waals surface area contributed by atoms with Crippen LogP contribution < -0.4 is 19.5 Å². The van der Waals surface area contributed by atoms with Gasteiger partial charge in [-0.05, 0) is 43.3 Å². The average Bonchev–Trinajstić information content (AvgIpc) is 3.52. The summed E-state index contributed by atoms with van der Waals surface area (Å²) in [4.78, 5) is 13.1. The summed E-state index contributed by atoms with van der Waals surface area (Å²) >= 11 is 0. The summed E-state index contributed by atoms with van der Waals surface area (Å²) in [5, 5.41) is 17.8. The number of carbonyl (C=O) groups is 1. The van der Waals surface area contributed by atoms with E-state index in [0.717, 1.165) is 5.69 Å². The van der Waals surface area contributed by atoms with E-state index in [9.17, 15) is 9.90 Å². The number of amides is 1. The number of rotatable bonds is 10. The van der Waals surface area contributed by atoms with Gasteiger partial charge in [0.2, 0.25) is 5.75 Å². The van der Waals surface area contributed by atoms with Gasteiger partial charge in [0.05, 0.1) is 25.5 Å². The zero-order valence-electron chi connectivity index (χ0n) is 19.7. The van der Waals surface area contributed by atoms with Crippen LogP contribution in [0.1, 0.15) is 16.1 Å². The Morgan fingerprint density at radius 2 is 1.77 bits per heavy atom. The Morgan fingerprint density at radius 3 is 2.40 bits per heavy atom. The molecule has 0 aliphatic carbocycles. The molecule has 0 aliphatic heterocycles. The Hall–Kier alpha value is -4.24. The number of hydrogen-bond donors (Lipinski definition) is 2. The van der Waals surface area contributed by atoms with E-state index >= 15 is 0 Å². The van der Waals surface area contributed by atoms with Crippen molar-refractivity contribution in [1.29, 1.82) is 0 Å². The lowest BCUT2D eigenvalue weighted by Crippen LogP contribution is -2.35. The smallest absolute Gasteiger partial charge is 0.255 e. The van der Waals surface area contributed by atoms with E-state index in [-0.39, 0.29) is 13.2 Å². The summed E-state index contributed by atoms with van der Waals surface area (Å²) in [6.45, 7) is 1.71. The molecule has 2 N–H and O–H groups in total. The molecule has 0 spiro atoms. The Balaban J connectivity index is 1.46. The van der Waals surface area contributed by atoms with Crippen LogP contribution >= 0.6 is 0 Å². The molecule has 182 valence electrons. The third kappa shape index (κ3) is 5.47. The van der Waals surface area contributed by atoms with Crippen molar-refractivity contribution in [2.24, 2.45) is 0 Å². The van der Waals surface area contributed by atoms with Gasteiger partial charge in [-0.25, -0.2) is 4.68 Å². The van der Waals surface area contributed by atoms with Gasteiger partial charge in [0.1, 0.15) is 24.2 Å². The van der Waals surface area contributed by atoms with Gasteiger partial charge in [0.15, 0.2) is 17.3 Å². The van der Waals surface area contributed by atoms with Crippen LogP contribution in [0.3, 0.4) is 0 Å². The van der Waals surface area contributed by atoms with E-state index in [1.165, 1.54) is 14.2 Å². The van der Waals surface area contributed by atoms with Gasteiger partial charge in [-0.15, -0.1) is 0 Å². The Kier molecular flexibility index (Phi) is 7.37. The number of furan rings is 1. The summed E-state index contributed by atoms with van der Waals surface area (Å²) in [6.07, 6.45) is 0.660. The molecular formula is C26H27N3O6. The molecule has 1 unspecified atom stereocenters. The zero-order chi connectivity index (χ0) is 24.8. The van der Waals surface area contributed by atoms with E-state index in [4.69, 9.17) is 18.6 Å². The standard InChI is InChI=1S/C26H27N3O6/c1-17-12-13-21(35-17)24-20(15-29(28-24)18-8-5-4-6-9-18)26(31)27-14-19(30)16-34-25-22(32-2)10-7-11-23(25)33-3/h4-13,15,19,30H,14,16H2,1-3H3,(H,27,31). The lowest BCUT2D eigenvalue weighted by Gasteiger charge is -2.17. The number of aliphatic hydroxyl groups excluding tert-OH is 1. The predicted molar refractivity (Wildman–Crippen MR) is 129 cm³/mol. The van der Waals surface area contributed by atoms with Gasteiger partial charge in [-0.1, -0.05) is 24.3 Å². The van der Waals surface area contributed by atoms with Crippen LogP contribution in [0.5, 0.6) is 17.2 Å². The Bertz CT molecular complexity index is 1260. The van der Waals surface area contributed by atoms with Crippen LogP contribution in [0, 0.1) is 6.92 Å². The molecule has 2 heterocycles. The van der Waals surface area contributed by atoms with Crippen LogP contribution in [0.15, 0.2) is 71.3 Å². The molecular weight excluding hydrogens is 450 g/mol. The number of aromatic nitrogens is 2. The third-order valence-corrected chi connectivity index (χ3v) is 5.25. The Morgan fingerprint density at radius 1 is 1.06 bits per heavy atom. The van der Waals surface area contributed by atoms with Gasteiger partial charge < -0.3 is 29.1 Å². The van der Waals surface area contributed by atoms with Gasteiger partial charge in [-0.2, -0.15) is 5.10 Å². The average molecular weight is 478 g/mol. The third-order valence-electron chi connectivity index (χ3n) is 5.25. The minimum Gasteiger partial charge on any atom is -0.493 e. The molecule has 0 bridgehead atoms. The molecule has 9 heteroatoms. The van der Waals surface area contributed by atoms with Gasteiger partial charge in [0.25, 0.3) is 5.91 Å². The monoisotopic (exact) mass is 477 g/mol. The minimum absolute atomic E-state index is 0.0383. The fourth-order valence-electron chi connectivity index (χ4n) is 3.50. The number of aliphatic hydroxyl groups is 1. The van der Waals surface area contributed by atoms with Gasteiger partial charge in [0, 0.05) is 12.7 Å². The van der Waals surface area contributed by atoms with Crippen molar-refractivity contribution in [3.8, 4) is 34.4 Å². The number of methoxy groups -OCH3 is 2. The second-order valence-corrected chi connectivity index (χ2v) is 7.75. The molecule has 2 aromatic carbocycles. The van der Waals surface area contributed by atoms with Crippen LogP contribution in [-0.4, -0.2) is 54.3 Å². The van der Waals surface area contributed by atoms with Crippen LogP contribution in [0.4, 0.5) is 0 Å². The lowest BCUT2D eigenvalue weighted by atomic mass is 10.2. The number of carbonyl (C=O) groups excluding carboxylic acids is 1. The lowest BCUT2D eigenvalue weighted by molar-refractivity contribution is 0.0834. The molecule has 1 amide bonds. The summed E-state index contributed by atoms with van der Waals surface area (Å²) < 4.78 is 23.7. The second kappa shape index (κ2) is 10.8. The van der Waals surface area contributed by atoms with Crippen molar-refractivity contribution >= 4 is 5.91 Å². The SMILES string of the molecule is COc1cccc(OC)c1OCC(O)CNC(=O)c1cn(-c2ccccc2)nc1-c1ccc(C)o1. The van der Waals surface area contributed by atoms with E-state index in [1.807, 2.05) is 43.3 Å². The summed E-state index contributed by atoms with van der Waals surface area (Å²) in [7, 11) is 3.04. The van der Waals surface area contributed by atoms with E-state index in [1.54, 1.807) is 35.1 Å². The van der Waals surface area contributed by atoms with Crippen molar-refractivity contribution in [3.05, 3.63) is 78.2 Å². The highest BCUT2D eigenvalue weighted by molar-refractivity contribution is 5.99. The molecule has 2 aromatic heterocycles. The topological polar surface area (TPSA) is 108 Å². The number of aryl methyl sites for hydroxylation is 1. The number of nitrogens with one attached hydrogen (secondary N) is 1. The second-order valence-electron chi connectivity index (χ2n) is 7.75. The van der Waals surface area contributed by atoms with Gasteiger partial charge >= 0.3 is 0 Å². The van der Waals surface area contributed by atoms with Crippen molar-refractivity contribution < 1.29 is 28.5 Å². The zero-order valence-corrected chi connectivity index (χ0v) is 19.7. The molecule has 0 fully saturated rings. The largest absolute Gasteiger partial charge is 0.493 e. The molecule has 0 radical (unpaired) electrons. The van der Waals surface area contributed by atoms with Crippen LogP contribution in [0.2, 0.25) is 0 Å². The highest BCUT2D eigenvalue weighted by atomic mass is 16.5. The maximum atomic E-state index is 13.1. The molecule has 1 atom stereocenters. The molecule has 0 saturated carbocycles. The van der Waals surface area contributed by atoms with Crippen LogP contribution in [0.25, 0.3) is 17.1 Å². The molecule has 35 heavy (non-hydrogen) atoms. The maximum absolute atomic E-state index is 13.1. The number of ether oxygens (including phenoxy) is 3. The molecule has 4 rings (SSSR count). The fraction of sp³-hybridized carbons (Fsp3) is 0.231. The number of benzene rings is 2. The summed E-state index contributed by atoms with van der Waals surface area (Å²) in [5.74, 6) is 2.13. The van der Waals surface area contributed by atoms with Crippen molar-refractivity contribution in [2.45, 2.75) is 13.0 Å². The summed E-state index contributed by atoms with van der Waals surface area (Å²) in [5.41, 5.74) is 1.53. The van der Waals surface area contributed by atoms with Crippen LogP contribution in [-0.2, 0) is 0 Å². The fourth-order valence-corrected chi connectivity index (χ4v) is 3.50. The van der Waals surface area contributed by atoms with Crippen molar-refractivity contribution in [1.82, 2.24) is 15.1 Å². The first kappa shape index (κ1) is 23.9. The number of hydrogen-bond acceptors (Lipinski definition) is 7.